The molecule has 0 saturated heterocycles. The highest BCUT2D eigenvalue weighted by molar-refractivity contribution is 7.71. The number of aromatic amines is 1. The lowest BCUT2D eigenvalue weighted by molar-refractivity contribution is 0.0690. The van der Waals surface area contributed by atoms with Gasteiger partial charge in [-0.1, -0.05) is 29.8 Å². The Morgan fingerprint density at radius 3 is 2.59 bits per heavy atom. The van der Waals surface area contributed by atoms with Crippen LogP contribution >= 0.6 is 12.2 Å². The smallest absolute Gasteiger partial charge is 0.352 e. The molecule has 1 aromatic heterocycles. The van der Waals surface area contributed by atoms with Gasteiger partial charge in [0, 0.05) is 5.56 Å². The third-order valence-electron chi connectivity index (χ3n) is 2.32. The summed E-state index contributed by atoms with van der Waals surface area (Å²) in [5, 5.41) is 8.92. The van der Waals surface area contributed by atoms with Gasteiger partial charge < -0.3 is 10.1 Å². The fourth-order valence-electron chi connectivity index (χ4n) is 1.45. The van der Waals surface area contributed by atoms with E-state index in [2.05, 4.69) is 9.97 Å². The standard InChI is InChI=1S/C12H10N2O2S/c1-7-2-4-8(5-3-7)9-6-10(11(15)16)14-12(17)13-9/h2-6H,1H3,(H,15,16)(H,13,14,17). The Labute approximate surface area is 103 Å². The van der Waals surface area contributed by atoms with Crippen LogP contribution in [0.1, 0.15) is 16.1 Å². The Morgan fingerprint density at radius 1 is 1.35 bits per heavy atom. The molecule has 5 heteroatoms. The highest BCUT2D eigenvalue weighted by atomic mass is 32.1. The minimum atomic E-state index is -1.05. The number of hydrogen-bond donors (Lipinski definition) is 2. The first-order valence-corrected chi connectivity index (χ1v) is 5.39. The topological polar surface area (TPSA) is 66.0 Å². The lowest BCUT2D eigenvalue weighted by Crippen LogP contribution is -2.02. The molecule has 1 heterocycles. The van der Waals surface area contributed by atoms with Gasteiger partial charge in [0.25, 0.3) is 0 Å². The van der Waals surface area contributed by atoms with E-state index in [4.69, 9.17) is 17.3 Å². The highest BCUT2D eigenvalue weighted by Gasteiger charge is 2.07. The molecule has 0 aliphatic carbocycles. The second kappa shape index (κ2) is 4.47. The monoisotopic (exact) mass is 246 g/mol. The van der Waals surface area contributed by atoms with E-state index in [1.165, 1.54) is 6.07 Å². The number of aryl methyl sites for hydroxylation is 1. The minimum absolute atomic E-state index is 0.0422. The lowest BCUT2D eigenvalue weighted by atomic mass is 10.1. The molecule has 0 saturated carbocycles. The zero-order valence-corrected chi connectivity index (χ0v) is 9.91. The van der Waals surface area contributed by atoms with Gasteiger partial charge >= 0.3 is 5.97 Å². The molecule has 0 atom stereocenters. The lowest BCUT2D eigenvalue weighted by Gasteiger charge is -2.03. The zero-order chi connectivity index (χ0) is 12.4. The summed E-state index contributed by atoms with van der Waals surface area (Å²) in [6.07, 6.45) is 0. The van der Waals surface area contributed by atoms with E-state index < -0.39 is 5.97 Å². The molecule has 0 spiro atoms. The average molecular weight is 246 g/mol. The summed E-state index contributed by atoms with van der Waals surface area (Å²) in [4.78, 5) is 17.5. The quantitative estimate of drug-likeness (QED) is 0.800. The second-order valence-electron chi connectivity index (χ2n) is 3.66. The van der Waals surface area contributed by atoms with Gasteiger partial charge in [0.2, 0.25) is 0 Å². The first-order chi connectivity index (χ1) is 8.06. The van der Waals surface area contributed by atoms with E-state index in [1.807, 2.05) is 31.2 Å². The number of nitrogens with zero attached hydrogens (tertiary/aromatic N) is 1. The molecule has 0 unspecified atom stereocenters. The summed E-state index contributed by atoms with van der Waals surface area (Å²) < 4.78 is 0.167. The largest absolute Gasteiger partial charge is 0.477 e. The molecule has 1 aromatic carbocycles. The molecular formula is C12H10N2O2S. The van der Waals surface area contributed by atoms with E-state index >= 15 is 0 Å². The summed E-state index contributed by atoms with van der Waals surface area (Å²) >= 11 is 4.90. The van der Waals surface area contributed by atoms with Crippen molar-refractivity contribution in [2.75, 3.05) is 0 Å². The van der Waals surface area contributed by atoms with Gasteiger partial charge in [-0.05, 0) is 25.2 Å². The van der Waals surface area contributed by atoms with Gasteiger partial charge in [0.1, 0.15) is 5.69 Å². The maximum Gasteiger partial charge on any atom is 0.352 e. The van der Waals surface area contributed by atoms with E-state index in [1.54, 1.807) is 0 Å². The molecule has 0 bridgehead atoms. The third kappa shape index (κ3) is 2.57. The Bertz CT molecular complexity index is 617. The van der Waals surface area contributed by atoms with Crippen molar-refractivity contribution in [3.63, 3.8) is 0 Å². The van der Waals surface area contributed by atoms with Crippen LogP contribution in [0.15, 0.2) is 30.3 Å². The Hall–Kier alpha value is -2.01. The van der Waals surface area contributed by atoms with Gasteiger partial charge in [0.15, 0.2) is 4.77 Å². The third-order valence-corrected chi connectivity index (χ3v) is 2.52. The number of nitrogens with one attached hydrogen (secondary N) is 1. The van der Waals surface area contributed by atoms with Crippen LogP contribution in [0.2, 0.25) is 0 Å². The molecule has 0 radical (unpaired) electrons. The van der Waals surface area contributed by atoms with Crippen LogP contribution in [0.3, 0.4) is 0 Å². The number of carboxylic acids is 1. The maximum atomic E-state index is 10.9. The molecular weight excluding hydrogens is 236 g/mol. The van der Waals surface area contributed by atoms with E-state index in [9.17, 15) is 4.79 Å². The van der Waals surface area contributed by atoms with Crippen molar-refractivity contribution >= 4 is 18.2 Å². The van der Waals surface area contributed by atoms with Crippen LogP contribution in [0.5, 0.6) is 0 Å². The van der Waals surface area contributed by atoms with Crippen molar-refractivity contribution in [1.29, 1.82) is 0 Å². The molecule has 2 aromatic rings. The molecule has 17 heavy (non-hydrogen) atoms. The second-order valence-corrected chi connectivity index (χ2v) is 4.04. The number of rotatable bonds is 2. The van der Waals surface area contributed by atoms with Crippen molar-refractivity contribution in [1.82, 2.24) is 9.97 Å². The molecule has 0 aliphatic rings. The molecule has 4 nitrogen and oxygen atoms in total. The van der Waals surface area contributed by atoms with Gasteiger partial charge in [0.05, 0.1) is 5.69 Å². The van der Waals surface area contributed by atoms with Crippen LogP contribution in [0.25, 0.3) is 11.3 Å². The van der Waals surface area contributed by atoms with E-state index in [0.29, 0.717) is 5.69 Å². The van der Waals surface area contributed by atoms with Gasteiger partial charge in [-0.15, -0.1) is 0 Å². The van der Waals surface area contributed by atoms with Crippen molar-refractivity contribution in [2.24, 2.45) is 0 Å². The Morgan fingerprint density at radius 2 is 2.00 bits per heavy atom. The van der Waals surface area contributed by atoms with Crippen LogP contribution in [0.4, 0.5) is 0 Å². The van der Waals surface area contributed by atoms with Gasteiger partial charge in [-0.3, -0.25) is 0 Å². The van der Waals surface area contributed by atoms with Crippen LogP contribution < -0.4 is 0 Å². The van der Waals surface area contributed by atoms with Gasteiger partial charge in [-0.25, -0.2) is 9.78 Å². The summed E-state index contributed by atoms with van der Waals surface area (Å²) in [6, 6.07) is 9.13. The summed E-state index contributed by atoms with van der Waals surface area (Å²) in [7, 11) is 0. The normalized spacial score (nSPS) is 10.2. The van der Waals surface area contributed by atoms with Crippen molar-refractivity contribution < 1.29 is 9.90 Å². The van der Waals surface area contributed by atoms with Crippen LogP contribution in [-0.4, -0.2) is 21.0 Å². The van der Waals surface area contributed by atoms with Crippen molar-refractivity contribution in [3.05, 3.63) is 46.4 Å². The van der Waals surface area contributed by atoms with Crippen molar-refractivity contribution in [3.8, 4) is 11.3 Å². The number of carboxylic acid groups (broad SMARTS) is 1. The first kappa shape index (κ1) is 11.5. The predicted octanol–water partition coefficient (Wildman–Crippen LogP) is 2.81. The summed E-state index contributed by atoms with van der Waals surface area (Å²) in [5.74, 6) is -1.05. The first-order valence-electron chi connectivity index (χ1n) is 4.98. The van der Waals surface area contributed by atoms with Crippen LogP contribution in [-0.2, 0) is 0 Å². The number of aromatic carboxylic acids is 1. The number of carbonyl (C=O) groups is 1. The molecule has 0 aliphatic heterocycles. The Balaban J connectivity index is 2.55. The Kier molecular flexibility index (Phi) is 3.01. The number of H-pyrrole nitrogens is 1. The predicted molar refractivity (Wildman–Crippen MR) is 66.6 cm³/mol. The fourth-order valence-corrected chi connectivity index (χ4v) is 1.65. The van der Waals surface area contributed by atoms with E-state index in [-0.39, 0.29) is 10.5 Å². The van der Waals surface area contributed by atoms with Gasteiger partial charge in [-0.2, -0.15) is 0 Å². The fraction of sp³-hybridized carbons (Fsp3) is 0.0833. The minimum Gasteiger partial charge on any atom is -0.477 e. The molecule has 2 N–H and O–H groups in total. The SMILES string of the molecule is Cc1ccc(-c2cc(C(=O)O)[nH]c(=S)n2)cc1. The zero-order valence-electron chi connectivity index (χ0n) is 9.10. The van der Waals surface area contributed by atoms with E-state index in [0.717, 1.165) is 11.1 Å². The van der Waals surface area contributed by atoms with Crippen LogP contribution in [0, 0.1) is 11.7 Å². The maximum absolute atomic E-state index is 10.9. The molecule has 0 fully saturated rings. The summed E-state index contributed by atoms with van der Waals surface area (Å²) in [6.45, 7) is 1.98. The summed E-state index contributed by atoms with van der Waals surface area (Å²) in [5.41, 5.74) is 2.58. The number of hydrogen-bond acceptors (Lipinski definition) is 3. The van der Waals surface area contributed by atoms with Crippen molar-refractivity contribution in [2.45, 2.75) is 6.92 Å². The molecule has 2 rings (SSSR count). The molecule has 86 valence electrons. The number of aromatic nitrogens is 2. The average Bonchev–Trinajstić information content (AvgIpc) is 2.29. The number of benzene rings is 1. The molecule has 0 amide bonds. The highest BCUT2D eigenvalue weighted by Crippen LogP contribution is 2.17.